The molecular formula is C7H14N2O6S. The minimum atomic E-state index is -3.99. The Morgan fingerprint density at radius 2 is 2.38 bits per heavy atom. The molecule has 1 aliphatic heterocycles. The number of aliphatic hydroxyl groups is 1. The smallest absolute Gasteiger partial charge is 0.421 e. The molecule has 0 aromatic heterocycles. The van der Waals surface area contributed by atoms with E-state index in [1.807, 2.05) is 0 Å². The lowest BCUT2D eigenvalue weighted by Gasteiger charge is -2.32. The lowest BCUT2D eigenvalue weighted by atomic mass is 10.3. The van der Waals surface area contributed by atoms with E-state index < -0.39 is 22.3 Å². The van der Waals surface area contributed by atoms with E-state index in [0.29, 0.717) is 0 Å². The fourth-order valence-corrected chi connectivity index (χ4v) is 2.55. The van der Waals surface area contributed by atoms with E-state index in [1.165, 1.54) is 0 Å². The molecule has 0 aromatic carbocycles. The molecule has 0 spiro atoms. The van der Waals surface area contributed by atoms with Gasteiger partial charge in [-0.2, -0.15) is 12.7 Å². The van der Waals surface area contributed by atoms with Crippen LogP contribution in [0.5, 0.6) is 0 Å². The molecule has 16 heavy (non-hydrogen) atoms. The number of nitrogens with one attached hydrogen (secondary N) is 1. The number of nitrogens with zero attached hydrogens (tertiary/aromatic N) is 1. The Morgan fingerprint density at radius 1 is 1.69 bits per heavy atom. The fourth-order valence-electron chi connectivity index (χ4n) is 1.31. The van der Waals surface area contributed by atoms with Gasteiger partial charge in [-0.05, 0) is 0 Å². The van der Waals surface area contributed by atoms with E-state index in [2.05, 4.69) is 4.74 Å². The molecule has 1 fully saturated rings. The summed E-state index contributed by atoms with van der Waals surface area (Å²) in [6.45, 7) is 0.0246. The van der Waals surface area contributed by atoms with E-state index >= 15 is 0 Å². The third kappa shape index (κ3) is 3.04. The van der Waals surface area contributed by atoms with E-state index in [1.54, 1.807) is 4.72 Å². The van der Waals surface area contributed by atoms with Gasteiger partial charge in [0, 0.05) is 6.54 Å². The van der Waals surface area contributed by atoms with Crippen LogP contribution in [0.1, 0.15) is 0 Å². The summed E-state index contributed by atoms with van der Waals surface area (Å²) in [4.78, 5) is 10.8. The van der Waals surface area contributed by atoms with Gasteiger partial charge < -0.3 is 14.6 Å². The van der Waals surface area contributed by atoms with Gasteiger partial charge in [-0.15, -0.1) is 0 Å². The lowest BCUT2D eigenvalue weighted by molar-refractivity contribution is 0.0104. The Hall–Kier alpha value is -0.900. The number of hydrogen-bond acceptors (Lipinski definition) is 6. The highest BCUT2D eigenvalue weighted by Gasteiger charge is 2.33. The second-order valence-corrected chi connectivity index (χ2v) is 4.74. The summed E-state index contributed by atoms with van der Waals surface area (Å²) >= 11 is 0. The summed E-state index contributed by atoms with van der Waals surface area (Å²) < 4.78 is 35.2. The molecule has 0 aromatic rings. The standard InChI is InChI=1S/C7H14N2O6S/c1-14-7(11)8-16(12,13)9-2-3-15-5-6(9)4-10/h6,10H,2-5H2,1H3,(H,8,11). The van der Waals surface area contributed by atoms with Crippen LogP contribution in [0.3, 0.4) is 0 Å². The summed E-state index contributed by atoms with van der Waals surface area (Å²) in [6.07, 6.45) is -1.07. The van der Waals surface area contributed by atoms with Gasteiger partial charge in [0.15, 0.2) is 0 Å². The Balaban J connectivity index is 2.76. The molecule has 1 unspecified atom stereocenters. The normalized spacial score (nSPS) is 22.8. The third-order valence-electron chi connectivity index (χ3n) is 2.09. The number of methoxy groups -OCH3 is 1. The average Bonchev–Trinajstić information content (AvgIpc) is 2.28. The molecule has 1 amide bonds. The molecule has 1 aliphatic rings. The van der Waals surface area contributed by atoms with Crippen molar-refractivity contribution in [3.8, 4) is 0 Å². The molecule has 1 rings (SSSR count). The molecular weight excluding hydrogens is 240 g/mol. The van der Waals surface area contributed by atoms with Crippen LogP contribution in [0.2, 0.25) is 0 Å². The number of hydrogen-bond donors (Lipinski definition) is 2. The number of morpholine rings is 1. The van der Waals surface area contributed by atoms with Gasteiger partial charge in [0.25, 0.3) is 0 Å². The van der Waals surface area contributed by atoms with Crippen molar-refractivity contribution in [2.24, 2.45) is 0 Å². The molecule has 2 N–H and O–H groups in total. The van der Waals surface area contributed by atoms with E-state index in [-0.39, 0.29) is 26.4 Å². The zero-order chi connectivity index (χ0) is 12.2. The van der Waals surface area contributed by atoms with E-state index in [0.717, 1.165) is 11.4 Å². The van der Waals surface area contributed by atoms with Crippen LogP contribution in [-0.4, -0.2) is 63.4 Å². The summed E-state index contributed by atoms with van der Waals surface area (Å²) in [5.41, 5.74) is 0. The minimum absolute atomic E-state index is 0.0809. The van der Waals surface area contributed by atoms with Crippen molar-refractivity contribution in [2.75, 3.05) is 33.5 Å². The molecule has 1 heterocycles. The highest BCUT2D eigenvalue weighted by atomic mass is 32.2. The molecule has 0 bridgehead atoms. The first kappa shape index (κ1) is 13.2. The molecule has 0 saturated carbocycles. The minimum Gasteiger partial charge on any atom is -0.452 e. The third-order valence-corrected chi connectivity index (χ3v) is 3.61. The van der Waals surface area contributed by atoms with Crippen molar-refractivity contribution in [2.45, 2.75) is 6.04 Å². The molecule has 0 aliphatic carbocycles. The number of carbonyl (C=O) groups is 1. The second kappa shape index (κ2) is 5.43. The first-order chi connectivity index (χ1) is 7.51. The quantitative estimate of drug-likeness (QED) is 0.620. The Kier molecular flexibility index (Phi) is 4.47. The van der Waals surface area contributed by atoms with Gasteiger partial charge in [-0.1, -0.05) is 0 Å². The topological polar surface area (TPSA) is 105 Å². The summed E-state index contributed by atoms with van der Waals surface area (Å²) in [7, 11) is -2.92. The highest BCUT2D eigenvalue weighted by Crippen LogP contribution is 2.10. The Morgan fingerprint density at radius 3 is 2.94 bits per heavy atom. The SMILES string of the molecule is COC(=O)NS(=O)(=O)N1CCOCC1CO. The van der Waals surface area contributed by atoms with Gasteiger partial charge >= 0.3 is 16.3 Å². The zero-order valence-electron chi connectivity index (χ0n) is 8.75. The van der Waals surface area contributed by atoms with Crippen molar-refractivity contribution in [1.29, 1.82) is 0 Å². The Labute approximate surface area is 93.3 Å². The number of rotatable bonds is 3. The monoisotopic (exact) mass is 254 g/mol. The Bertz CT molecular complexity index is 343. The van der Waals surface area contributed by atoms with Crippen molar-refractivity contribution < 1.29 is 27.8 Å². The molecule has 1 atom stereocenters. The number of amides is 1. The lowest BCUT2D eigenvalue weighted by Crippen LogP contribution is -2.55. The number of carbonyl (C=O) groups excluding carboxylic acids is 1. The predicted octanol–water partition coefficient (Wildman–Crippen LogP) is -1.72. The van der Waals surface area contributed by atoms with Crippen LogP contribution in [-0.2, 0) is 19.7 Å². The van der Waals surface area contributed by atoms with Crippen molar-refractivity contribution in [3.63, 3.8) is 0 Å². The van der Waals surface area contributed by atoms with Crippen molar-refractivity contribution in [1.82, 2.24) is 9.03 Å². The maximum absolute atomic E-state index is 11.7. The maximum atomic E-state index is 11.7. The van der Waals surface area contributed by atoms with Crippen LogP contribution >= 0.6 is 0 Å². The van der Waals surface area contributed by atoms with Gasteiger partial charge in [0.2, 0.25) is 0 Å². The van der Waals surface area contributed by atoms with Crippen LogP contribution in [0.25, 0.3) is 0 Å². The van der Waals surface area contributed by atoms with Gasteiger partial charge in [0.1, 0.15) is 0 Å². The first-order valence-corrected chi connectivity index (χ1v) is 6.01. The fraction of sp³-hybridized carbons (Fsp3) is 0.857. The van der Waals surface area contributed by atoms with Crippen molar-refractivity contribution >= 4 is 16.3 Å². The van der Waals surface area contributed by atoms with Crippen LogP contribution in [0.15, 0.2) is 0 Å². The van der Waals surface area contributed by atoms with Crippen LogP contribution < -0.4 is 4.72 Å². The van der Waals surface area contributed by atoms with Gasteiger partial charge in [-0.25, -0.2) is 9.52 Å². The molecule has 9 heteroatoms. The van der Waals surface area contributed by atoms with Crippen molar-refractivity contribution in [3.05, 3.63) is 0 Å². The van der Waals surface area contributed by atoms with Gasteiger partial charge in [-0.3, -0.25) is 0 Å². The largest absolute Gasteiger partial charge is 0.452 e. The molecule has 8 nitrogen and oxygen atoms in total. The number of aliphatic hydroxyl groups excluding tert-OH is 1. The first-order valence-electron chi connectivity index (χ1n) is 4.57. The predicted molar refractivity (Wildman–Crippen MR) is 52.9 cm³/mol. The molecule has 94 valence electrons. The van der Waals surface area contributed by atoms with Crippen LogP contribution in [0, 0.1) is 0 Å². The maximum Gasteiger partial charge on any atom is 0.421 e. The molecule has 1 saturated heterocycles. The molecule has 0 radical (unpaired) electrons. The van der Waals surface area contributed by atoms with Crippen LogP contribution in [0.4, 0.5) is 4.79 Å². The summed E-state index contributed by atoms with van der Waals surface area (Å²) in [5.74, 6) is 0. The zero-order valence-corrected chi connectivity index (χ0v) is 9.57. The second-order valence-electron chi connectivity index (χ2n) is 3.12. The van der Waals surface area contributed by atoms with Gasteiger partial charge in [0.05, 0.1) is 33.0 Å². The van der Waals surface area contributed by atoms with E-state index in [9.17, 15) is 13.2 Å². The highest BCUT2D eigenvalue weighted by molar-refractivity contribution is 7.87. The summed E-state index contributed by atoms with van der Waals surface area (Å²) in [6, 6.07) is -0.684. The summed E-state index contributed by atoms with van der Waals surface area (Å²) in [5, 5.41) is 8.99. The number of ether oxygens (including phenoxy) is 2. The average molecular weight is 254 g/mol. The van der Waals surface area contributed by atoms with E-state index in [4.69, 9.17) is 9.84 Å².